The maximum Gasteiger partial charge on any atom is 0.193 e. The molecule has 1 saturated heterocycles. The number of rotatable bonds is 8. The molecule has 1 rings (SSSR count). The quantitative estimate of drug-likeness (QED) is 0.322. The van der Waals surface area contributed by atoms with Gasteiger partial charge in [0.05, 0.1) is 19.8 Å². The molecule has 0 saturated carbocycles. The fourth-order valence-corrected chi connectivity index (χ4v) is 2.77. The maximum absolute atomic E-state index is 5.51. The van der Waals surface area contributed by atoms with E-state index in [0.717, 1.165) is 58.2 Å². The summed E-state index contributed by atoms with van der Waals surface area (Å²) < 4.78 is 5.51. The van der Waals surface area contributed by atoms with Gasteiger partial charge >= 0.3 is 0 Å². The summed E-state index contributed by atoms with van der Waals surface area (Å²) in [6.07, 6.45) is 4.13. The van der Waals surface area contributed by atoms with E-state index in [1.807, 2.05) is 6.08 Å². The summed E-state index contributed by atoms with van der Waals surface area (Å²) in [5, 5.41) is 3.39. The minimum Gasteiger partial charge on any atom is -0.379 e. The van der Waals surface area contributed by atoms with Gasteiger partial charge in [0.15, 0.2) is 5.96 Å². The van der Waals surface area contributed by atoms with Crippen molar-refractivity contribution in [1.29, 1.82) is 0 Å². The number of hydrogen-bond donors (Lipinski definition) is 1. The van der Waals surface area contributed by atoms with Gasteiger partial charge in [-0.05, 0) is 33.6 Å². The Morgan fingerprint density at radius 1 is 1.59 bits per heavy atom. The molecule has 1 aliphatic rings. The van der Waals surface area contributed by atoms with E-state index in [1.165, 1.54) is 0 Å². The van der Waals surface area contributed by atoms with Crippen molar-refractivity contribution in [3.8, 4) is 0 Å². The van der Waals surface area contributed by atoms with Crippen LogP contribution < -0.4 is 5.32 Å². The average Bonchev–Trinajstić information content (AvgIpc) is 2.51. The highest BCUT2D eigenvalue weighted by Gasteiger charge is 2.23. The Bertz CT molecular complexity index is 346. The van der Waals surface area contributed by atoms with Crippen LogP contribution >= 0.6 is 0 Å². The third-order valence-electron chi connectivity index (χ3n) is 4.09. The SMILES string of the molecule is C=CCCCN(C)C(=NCC(C)N1CCOCC1C)NCC. The smallest absolute Gasteiger partial charge is 0.193 e. The van der Waals surface area contributed by atoms with E-state index in [2.05, 4.69) is 49.5 Å². The van der Waals surface area contributed by atoms with Gasteiger partial charge in [0.1, 0.15) is 0 Å². The van der Waals surface area contributed by atoms with Crippen LogP contribution in [0.3, 0.4) is 0 Å². The first kappa shape index (κ1) is 19.0. The number of hydrogen-bond acceptors (Lipinski definition) is 3. The lowest BCUT2D eigenvalue weighted by atomic mass is 10.2. The molecule has 2 atom stereocenters. The summed E-state index contributed by atoms with van der Waals surface area (Å²) >= 11 is 0. The molecule has 1 fully saturated rings. The molecule has 0 spiro atoms. The van der Waals surface area contributed by atoms with Gasteiger partial charge in [-0.25, -0.2) is 0 Å². The van der Waals surface area contributed by atoms with Crippen LogP contribution in [0, 0.1) is 0 Å². The zero-order valence-electron chi connectivity index (χ0n) is 14.8. The summed E-state index contributed by atoms with van der Waals surface area (Å²) in [6.45, 7) is 15.8. The molecule has 22 heavy (non-hydrogen) atoms. The number of morpholine rings is 1. The van der Waals surface area contributed by atoms with Gasteiger partial charge in [0, 0.05) is 38.8 Å². The molecule has 0 aliphatic carbocycles. The van der Waals surface area contributed by atoms with E-state index in [4.69, 9.17) is 9.73 Å². The monoisotopic (exact) mass is 310 g/mol. The van der Waals surface area contributed by atoms with Crippen LogP contribution in [0.4, 0.5) is 0 Å². The molecule has 2 unspecified atom stereocenters. The number of aliphatic imine (C=N–C) groups is 1. The van der Waals surface area contributed by atoms with Gasteiger partial charge in [-0.1, -0.05) is 6.08 Å². The summed E-state index contributed by atoms with van der Waals surface area (Å²) in [4.78, 5) is 9.53. The molecule has 0 aromatic heterocycles. The van der Waals surface area contributed by atoms with Crippen molar-refractivity contribution < 1.29 is 4.74 Å². The molecule has 0 radical (unpaired) electrons. The number of ether oxygens (including phenoxy) is 1. The van der Waals surface area contributed by atoms with E-state index < -0.39 is 0 Å². The highest BCUT2D eigenvalue weighted by Crippen LogP contribution is 2.11. The van der Waals surface area contributed by atoms with Crippen molar-refractivity contribution in [2.24, 2.45) is 4.99 Å². The molecule has 5 heteroatoms. The summed E-state index contributed by atoms with van der Waals surface area (Å²) in [6, 6.07) is 0.918. The minimum atomic E-state index is 0.439. The Kier molecular flexibility index (Phi) is 9.16. The second kappa shape index (κ2) is 10.6. The molecule has 1 aliphatic heterocycles. The molecular weight excluding hydrogens is 276 g/mol. The lowest BCUT2D eigenvalue weighted by Gasteiger charge is -2.37. The van der Waals surface area contributed by atoms with Crippen LogP contribution in [0.25, 0.3) is 0 Å². The fourth-order valence-electron chi connectivity index (χ4n) is 2.77. The van der Waals surface area contributed by atoms with Gasteiger partial charge in [-0.3, -0.25) is 9.89 Å². The molecule has 0 aromatic rings. The Morgan fingerprint density at radius 3 is 3.00 bits per heavy atom. The van der Waals surface area contributed by atoms with Gasteiger partial charge in [0.2, 0.25) is 0 Å². The summed E-state index contributed by atoms with van der Waals surface area (Å²) in [5.41, 5.74) is 0. The first-order chi connectivity index (χ1) is 10.6. The zero-order valence-corrected chi connectivity index (χ0v) is 14.8. The lowest BCUT2D eigenvalue weighted by Crippen LogP contribution is -2.49. The van der Waals surface area contributed by atoms with Crippen molar-refractivity contribution in [2.45, 2.75) is 45.7 Å². The van der Waals surface area contributed by atoms with E-state index in [-0.39, 0.29) is 0 Å². The number of nitrogens with zero attached hydrogens (tertiary/aromatic N) is 3. The number of nitrogens with one attached hydrogen (secondary N) is 1. The Morgan fingerprint density at radius 2 is 2.36 bits per heavy atom. The molecule has 1 N–H and O–H groups in total. The van der Waals surface area contributed by atoms with Crippen LogP contribution in [0.15, 0.2) is 17.6 Å². The molecule has 0 bridgehead atoms. The lowest BCUT2D eigenvalue weighted by molar-refractivity contribution is -0.0166. The Labute approximate surface area is 136 Å². The zero-order chi connectivity index (χ0) is 16.4. The topological polar surface area (TPSA) is 40.1 Å². The normalized spacial score (nSPS) is 21.5. The third-order valence-corrected chi connectivity index (χ3v) is 4.09. The number of unbranched alkanes of at least 4 members (excludes halogenated alkanes) is 1. The predicted octanol–water partition coefficient (Wildman–Crippen LogP) is 1.96. The molecular formula is C17H34N4O. The Balaban J connectivity index is 2.54. The van der Waals surface area contributed by atoms with E-state index >= 15 is 0 Å². The van der Waals surface area contributed by atoms with Crippen LogP contribution in [0.1, 0.15) is 33.6 Å². The maximum atomic E-state index is 5.51. The fraction of sp³-hybridized carbons (Fsp3) is 0.824. The van der Waals surface area contributed by atoms with Crippen molar-refractivity contribution >= 4 is 5.96 Å². The van der Waals surface area contributed by atoms with Gasteiger partial charge in [-0.15, -0.1) is 6.58 Å². The van der Waals surface area contributed by atoms with Crippen molar-refractivity contribution in [3.63, 3.8) is 0 Å². The first-order valence-electron chi connectivity index (χ1n) is 8.54. The van der Waals surface area contributed by atoms with Gasteiger partial charge < -0.3 is 15.0 Å². The standard InChI is InChI=1S/C17H34N4O/c1-6-8-9-10-20(5)17(18-7-2)19-13-15(3)21-11-12-22-14-16(21)4/h6,15-16H,1,7-14H2,2-5H3,(H,18,19). The van der Waals surface area contributed by atoms with Crippen LogP contribution in [-0.4, -0.2) is 74.3 Å². The molecule has 128 valence electrons. The van der Waals surface area contributed by atoms with Gasteiger partial charge in [0.25, 0.3) is 0 Å². The first-order valence-corrected chi connectivity index (χ1v) is 8.54. The largest absolute Gasteiger partial charge is 0.379 e. The molecule has 0 amide bonds. The summed E-state index contributed by atoms with van der Waals surface area (Å²) in [7, 11) is 2.10. The highest BCUT2D eigenvalue weighted by atomic mass is 16.5. The third kappa shape index (κ3) is 6.36. The van der Waals surface area contributed by atoms with Gasteiger partial charge in [-0.2, -0.15) is 0 Å². The molecule has 0 aromatic carbocycles. The number of allylic oxidation sites excluding steroid dienone is 1. The van der Waals surface area contributed by atoms with Crippen LogP contribution in [0.2, 0.25) is 0 Å². The Hall–Kier alpha value is -1.07. The number of guanidine groups is 1. The highest BCUT2D eigenvalue weighted by molar-refractivity contribution is 5.79. The second-order valence-corrected chi connectivity index (χ2v) is 6.06. The van der Waals surface area contributed by atoms with E-state index in [1.54, 1.807) is 0 Å². The van der Waals surface area contributed by atoms with Crippen molar-refractivity contribution in [2.75, 3.05) is 46.4 Å². The second-order valence-electron chi connectivity index (χ2n) is 6.06. The van der Waals surface area contributed by atoms with Crippen molar-refractivity contribution in [3.05, 3.63) is 12.7 Å². The van der Waals surface area contributed by atoms with Crippen molar-refractivity contribution in [1.82, 2.24) is 15.1 Å². The minimum absolute atomic E-state index is 0.439. The van der Waals surface area contributed by atoms with E-state index in [9.17, 15) is 0 Å². The molecule has 1 heterocycles. The van der Waals surface area contributed by atoms with Crippen LogP contribution in [0.5, 0.6) is 0 Å². The van der Waals surface area contributed by atoms with E-state index in [0.29, 0.717) is 12.1 Å². The average molecular weight is 310 g/mol. The van der Waals surface area contributed by atoms with Crippen LogP contribution in [-0.2, 0) is 4.74 Å². The summed E-state index contributed by atoms with van der Waals surface area (Å²) in [5.74, 6) is 0.999. The molecule has 5 nitrogen and oxygen atoms in total. The predicted molar refractivity (Wildman–Crippen MR) is 94.5 cm³/mol.